The highest BCUT2D eigenvalue weighted by Gasteiger charge is 1.95. The number of aryl methyl sites for hydroxylation is 1. The molecule has 0 radical (unpaired) electrons. The molecule has 1 rings (SSSR count). The Labute approximate surface area is 105 Å². The maximum atomic E-state index is 5.68. The Kier molecular flexibility index (Phi) is 7.48. The Morgan fingerprint density at radius 3 is 2.47 bits per heavy atom. The van der Waals surface area contributed by atoms with E-state index in [0.717, 1.165) is 25.3 Å². The van der Waals surface area contributed by atoms with E-state index < -0.39 is 0 Å². The second-order valence-electron chi connectivity index (χ2n) is 4.41. The third-order valence-electron chi connectivity index (χ3n) is 2.83. The fraction of sp³-hybridized carbons (Fsp3) is 0.600. The zero-order valence-electron chi connectivity index (χ0n) is 11.2. The third-order valence-corrected chi connectivity index (χ3v) is 2.83. The Balaban J connectivity index is 2.20. The number of hydrogen-bond donors (Lipinski definition) is 1. The molecule has 17 heavy (non-hydrogen) atoms. The molecule has 0 aliphatic rings. The number of unbranched alkanes of at least 4 members (excludes halogenated alkanes) is 2. The smallest absolute Gasteiger partial charge is 0.119 e. The van der Waals surface area contributed by atoms with Crippen LogP contribution in [-0.2, 0) is 6.42 Å². The van der Waals surface area contributed by atoms with E-state index in [1.807, 2.05) is 7.05 Å². The van der Waals surface area contributed by atoms with Crippen molar-refractivity contribution in [2.75, 3.05) is 20.2 Å². The molecule has 2 nitrogen and oxygen atoms in total. The van der Waals surface area contributed by atoms with Gasteiger partial charge < -0.3 is 10.1 Å². The van der Waals surface area contributed by atoms with Gasteiger partial charge in [-0.1, -0.05) is 25.5 Å². The summed E-state index contributed by atoms with van der Waals surface area (Å²) < 4.78 is 5.68. The summed E-state index contributed by atoms with van der Waals surface area (Å²) in [5.74, 6) is 0.995. The van der Waals surface area contributed by atoms with E-state index in [4.69, 9.17) is 4.74 Å². The fourth-order valence-electron chi connectivity index (χ4n) is 1.73. The van der Waals surface area contributed by atoms with Gasteiger partial charge in [-0.2, -0.15) is 0 Å². The molecule has 0 saturated heterocycles. The average Bonchev–Trinajstić information content (AvgIpc) is 2.37. The first-order chi connectivity index (χ1) is 8.36. The molecule has 0 amide bonds. The standard InChI is InChI=1S/C15H25NO/c1-3-4-7-14-8-10-15(11-9-14)17-13-6-5-12-16-2/h8-11,16H,3-7,12-13H2,1-2H3. The minimum atomic E-state index is 0.815. The second-order valence-corrected chi connectivity index (χ2v) is 4.41. The van der Waals surface area contributed by atoms with Crippen LogP contribution in [0.25, 0.3) is 0 Å². The Morgan fingerprint density at radius 1 is 1.06 bits per heavy atom. The van der Waals surface area contributed by atoms with Crippen molar-refractivity contribution in [2.45, 2.75) is 39.0 Å². The van der Waals surface area contributed by atoms with Crippen molar-refractivity contribution in [3.63, 3.8) is 0 Å². The molecule has 1 aromatic carbocycles. The molecule has 0 aliphatic heterocycles. The first-order valence-corrected chi connectivity index (χ1v) is 6.73. The molecule has 1 N–H and O–H groups in total. The highest BCUT2D eigenvalue weighted by atomic mass is 16.5. The normalized spacial score (nSPS) is 10.5. The van der Waals surface area contributed by atoms with E-state index in [9.17, 15) is 0 Å². The van der Waals surface area contributed by atoms with Crippen LogP contribution in [0.5, 0.6) is 5.75 Å². The lowest BCUT2D eigenvalue weighted by atomic mass is 10.1. The minimum absolute atomic E-state index is 0.815. The van der Waals surface area contributed by atoms with Crippen LogP contribution in [-0.4, -0.2) is 20.2 Å². The van der Waals surface area contributed by atoms with E-state index in [2.05, 4.69) is 36.5 Å². The summed E-state index contributed by atoms with van der Waals surface area (Å²) in [6.07, 6.45) is 5.98. The van der Waals surface area contributed by atoms with E-state index in [0.29, 0.717) is 0 Å². The van der Waals surface area contributed by atoms with Gasteiger partial charge in [0.15, 0.2) is 0 Å². The quantitative estimate of drug-likeness (QED) is 0.662. The molecule has 0 aromatic heterocycles. The van der Waals surface area contributed by atoms with Gasteiger partial charge in [0.25, 0.3) is 0 Å². The number of hydrogen-bond acceptors (Lipinski definition) is 2. The molecular formula is C15H25NO. The summed E-state index contributed by atoms with van der Waals surface area (Å²) >= 11 is 0. The van der Waals surface area contributed by atoms with Gasteiger partial charge >= 0.3 is 0 Å². The van der Waals surface area contributed by atoms with Gasteiger partial charge in [-0.05, 0) is 57.0 Å². The third kappa shape index (κ3) is 6.32. The topological polar surface area (TPSA) is 21.3 Å². The summed E-state index contributed by atoms with van der Waals surface area (Å²) in [5, 5.41) is 3.14. The highest BCUT2D eigenvalue weighted by Crippen LogP contribution is 2.14. The molecule has 0 spiro atoms. The Bertz CT molecular complexity index is 281. The Hall–Kier alpha value is -1.02. The summed E-state index contributed by atoms with van der Waals surface area (Å²) in [6.45, 7) is 4.11. The lowest BCUT2D eigenvalue weighted by molar-refractivity contribution is 0.306. The summed E-state index contributed by atoms with van der Waals surface area (Å²) in [4.78, 5) is 0. The van der Waals surface area contributed by atoms with Gasteiger partial charge in [0.1, 0.15) is 5.75 Å². The van der Waals surface area contributed by atoms with Gasteiger partial charge in [0.2, 0.25) is 0 Å². The fourth-order valence-corrected chi connectivity index (χ4v) is 1.73. The predicted octanol–water partition coefficient (Wildman–Crippen LogP) is 3.41. The Morgan fingerprint density at radius 2 is 1.82 bits per heavy atom. The van der Waals surface area contributed by atoms with Crippen molar-refractivity contribution < 1.29 is 4.74 Å². The minimum Gasteiger partial charge on any atom is -0.494 e. The number of rotatable bonds is 9. The summed E-state index contributed by atoms with van der Waals surface area (Å²) in [5.41, 5.74) is 1.41. The van der Waals surface area contributed by atoms with Crippen LogP contribution in [0.3, 0.4) is 0 Å². The largest absolute Gasteiger partial charge is 0.494 e. The molecule has 0 bridgehead atoms. The molecule has 2 heteroatoms. The van der Waals surface area contributed by atoms with Gasteiger partial charge in [0, 0.05) is 0 Å². The lowest BCUT2D eigenvalue weighted by Crippen LogP contribution is -2.09. The van der Waals surface area contributed by atoms with Crippen molar-refractivity contribution in [2.24, 2.45) is 0 Å². The van der Waals surface area contributed by atoms with Gasteiger partial charge in [-0.25, -0.2) is 0 Å². The van der Waals surface area contributed by atoms with Crippen LogP contribution in [0.15, 0.2) is 24.3 Å². The molecular weight excluding hydrogens is 210 g/mol. The molecule has 0 fully saturated rings. The summed E-state index contributed by atoms with van der Waals surface area (Å²) in [7, 11) is 1.98. The number of benzene rings is 1. The average molecular weight is 235 g/mol. The SMILES string of the molecule is CCCCc1ccc(OCCCCNC)cc1. The molecule has 1 aromatic rings. The molecule has 96 valence electrons. The lowest BCUT2D eigenvalue weighted by Gasteiger charge is -2.07. The molecule has 0 atom stereocenters. The van der Waals surface area contributed by atoms with Crippen molar-refractivity contribution in [1.82, 2.24) is 5.32 Å². The zero-order chi connectivity index (χ0) is 12.3. The van der Waals surface area contributed by atoms with Crippen LogP contribution in [0, 0.1) is 0 Å². The monoisotopic (exact) mass is 235 g/mol. The van der Waals surface area contributed by atoms with Crippen molar-refractivity contribution in [1.29, 1.82) is 0 Å². The van der Waals surface area contributed by atoms with Crippen LogP contribution < -0.4 is 10.1 Å². The van der Waals surface area contributed by atoms with Crippen LogP contribution in [0.4, 0.5) is 0 Å². The van der Waals surface area contributed by atoms with E-state index >= 15 is 0 Å². The van der Waals surface area contributed by atoms with E-state index in [1.165, 1.54) is 31.2 Å². The predicted molar refractivity (Wildman–Crippen MR) is 73.7 cm³/mol. The van der Waals surface area contributed by atoms with Crippen LogP contribution in [0.1, 0.15) is 38.2 Å². The molecule has 0 unspecified atom stereocenters. The second kappa shape index (κ2) is 9.06. The van der Waals surface area contributed by atoms with Crippen LogP contribution in [0.2, 0.25) is 0 Å². The first-order valence-electron chi connectivity index (χ1n) is 6.73. The van der Waals surface area contributed by atoms with Crippen molar-refractivity contribution in [3.8, 4) is 5.75 Å². The van der Waals surface area contributed by atoms with Crippen LogP contribution >= 0.6 is 0 Å². The zero-order valence-corrected chi connectivity index (χ0v) is 11.2. The molecule has 0 heterocycles. The maximum absolute atomic E-state index is 5.68. The highest BCUT2D eigenvalue weighted by molar-refractivity contribution is 5.27. The number of nitrogens with one attached hydrogen (secondary N) is 1. The molecule has 0 aliphatic carbocycles. The van der Waals surface area contributed by atoms with E-state index in [1.54, 1.807) is 0 Å². The van der Waals surface area contributed by atoms with Gasteiger partial charge in [-0.15, -0.1) is 0 Å². The number of ether oxygens (including phenoxy) is 1. The molecule has 0 saturated carbocycles. The van der Waals surface area contributed by atoms with Crippen molar-refractivity contribution in [3.05, 3.63) is 29.8 Å². The van der Waals surface area contributed by atoms with E-state index in [-0.39, 0.29) is 0 Å². The van der Waals surface area contributed by atoms with Crippen molar-refractivity contribution >= 4 is 0 Å². The first kappa shape index (κ1) is 14.0. The van der Waals surface area contributed by atoms with Gasteiger partial charge in [-0.3, -0.25) is 0 Å². The maximum Gasteiger partial charge on any atom is 0.119 e. The van der Waals surface area contributed by atoms with Gasteiger partial charge in [0.05, 0.1) is 6.61 Å². The summed E-state index contributed by atoms with van der Waals surface area (Å²) in [6, 6.07) is 8.53.